The van der Waals surface area contributed by atoms with E-state index in [4.69, 9.17) is 0 Å². The van der Waals surface area contributed by atoms with Crippen molar-refractivity contribution in [1.29, 1.82) is 0 Å². The smallest absolute Gasteiger partial charge is 0.255 e. The van der Waals surface area contributed by atoms with Crippen LogP contribution in [0.1, 0.15) is 47.3 Å². The van der Waals surface area contributed by atoms with Gasteiger partial charge in [-0.15, -0.1) is 5.10 Å². The van der Waals surface area contributed by atoms with Crippen molar-refractivity contribution < 1.29 is 19.5 Å². The van der Waals surface area contributed by atoms with Crippen LogP contribution in [0, 0.1) is 0 Å². The normalized spacial score (nSPS) is 22.7. The van der Waals surface area contributed by atoms with E-state index in [2.05, 4.69) is 20.5 Å². The zero-order valence-electron chi connectivity index (χ0n) is 17.0. The van der Waals surface area contributed by atoms with Gasteiger partial charge in [0.2, 0.25) is 11.8 Å². The highest BCUT2D eigenvalue weighted by atomic mass is 16.3. The molecule has 5 rings (SSSR count). The van der Waals surface area contributed by atoms with Gasteiger partial charge in [0.25, 0.3) is 5.91 Å². The number of hydrogen-bond donors (Lipinski definition) is 2. The van der Waals surface area contributed by atoms with Crippen molar-refractivity contribution >= 4 is 17.7 Å². The highest BCUT2D eigenvalue weighted by Crippen LogP contribution is 2.29. The molecule has 3 amide bonds. The molecule has 10 nitrogen and oxygen atoms in total. The number of hydrogen-bond acceptors (Lipinski definition) is 7. The number of benzene rings is 1. The molecule has 3 aliphatic heterocycles. The van der Waals surface area contributed by atoms with Crippen LogP contribution in [-0.4, -0.2) is 72.9 Å². The molecular weight excluding hydrogens is 400 g/mol. The number of fused-ring (bicyclic) bond motifs is 1. The Morgan fingerprint density at radius 3 is 2.71 bits per heavy atom. The zero-order chi connectivity index (χ0) is 21.5. The summed E-state index contributed by atoms with van der Waals surface area (Å²) in [6.45, 7) is 2.68. The number of aliphatic hydroxyl groups is 1. The van der Waals surface area contributed by atoms with E-state index < -0.39 is 11.9 Å². The van der Waals surface area contributed by atoms with Gasteiger partial charge in [0, 0.05) is 38.2 Å². The lowest BCUT2D eigenvalue weighted by Gasteiger charge is -2.29. The Morgan fingerprint density at radius 2 is 1.94 bits per heavy atom. The molecule has 1 atom stereocenters. The number of aromatic nitrogens is 3. The summed E-state index contributed by atoms with van der Waals surface area (Å²) in [7, 11) is 0. The molecule has 1 unspecified atom stereocenters. The first-order valence-corrected chi connectivity index (χ1v) is 10.6. The van der Waals surface area contributed by atoms with Gasteiger partial charge in [0.15, 0.2) is 0 Å². The fraction of sp³-hybridized carbons (Fsp3) is 0.476. The number of nitrogens with one attached hydrogen (secondary N) is 1. The van der Waals surface area contributed by atoms with E-state index >= 15 is 0 Å². The second-order valence-corrected chi connectivity index (χ2v) is 8.40. The van der Waals surface area contributed by atoms with Crippen LogP contribution in [0.3, 0.4) is 0 Å². The molecule has 1 aromatic carbocycles. The summed E-state index contributed by atoms with van der Waals surface area (Å²) in [5, 5.41) is 20.5. The molecule has 10 heteroatoms. The van der Waals surface area contributed by atoms with Crippen LogP contribution in [0.2, 0.25) is 0 Å². The lowest BCUT2D eigenvalue weighted by atomic mass is 10.0. The second-order valence-electron chi connectivity index (χ2n) is 8.40. The summed E-state index contributed by atoms with van der Waals surface area (Å²) >= 11 is 0. The Hall–Kier alpha value is -3.11. The number of amides is 3. The van der Waals surface area contributed by atoms with Crippen LogP contribution in [0.25, 0.3) is 5.69 Å². The third-order valence-corrected chi connectivity index (χ3v) is 6.26. The summed E-state index contributed by atoms with van der Waals surface area (Å²) in [6, 6.07) is 4.85. The van der Waals surface area contributed by atoms with Crippen LogP contribution in [0.4, 0.5) is 0 Å². The quantitative estimate of drug-likeness (QED) is 0.662. The number of carbonyl (C=O) groups is 3. The molecule has 3 aliphatic rings. The molecule has 1 aromatic heterocycles. The first-order valence-electron chi connectivity index (χ1n) is 10.6. The Morgan fingerprint density at radius 1 is 1.13 bits per heavy atom. The Bertz CT molecular complexity index is 1040. The number of piperidine rings is 2. The van der Waals surface area contributed by atoms with Crippen molar-refractivity contribution in [3.05, 3.63) is 41.2 Å². The summed E-state index contributed by atoms with van der Waals surface area (Å²) in [5.74, 6) is -0.901. The number of carbonyl (C=O) groups excluding carboxylic acids is 3. The van der Waals surface area contributed by atoms with E-state index in [-0.39, 0.29) is 24.3 Å². The third kappa shape index (κ3) is 3.84. The van der Waals surface area contributed by atoms with Crippen LogP contribution in [0.5, 0.6) is 0 Å². The van der Waals surface area contributed by atoms with Gasteiger partial charge < -0.3 is 10.0 Å². The Balaban J connectivity index is 1.30. The number of aliphatic hydroxyl groups excluding tert-OH is 1. The zero-order valence-corrected chi connectivity index (χ0v) is 17.0. The monoisotopic (exact) mass is 424 g/mol. The molecule has 2 fully saturated rings. The minimum absolute atomic E-state index is 0.192. The van der Waals surface area contributed by atoms with E-state index in [0.29, 0.717) is 25.1 Å². The predicted octanol–water partition coefficient (Wildman–Crippen LogP) is -0.0150. The maximum Gasteiger partial charge on any atom is 0.255 e. The molecule has 2 N–H and O–H groups in total. The second kappa shape index (κ2) is 7.86. The predicted molar refractivity (Wildman–Crippen MR) is 108 cm³/mol. The highest BCUT2D eigenvalue weighted by Gasteiger charge is 2.39. The van der Waals surface area contributed by atoms with Gasteiger partial charge >= 0.3 is 0 Å². The van der Waals surface area contributed by atoms with E-state index in [1.807, 2.05) is 18.3 Å². The highest BCUT2D eigenvalue weighted by molar-refractivity contribution is 6.05. The van der Waals surface area contributed by atoms with Crippen LogP contribution in [-0.2, 0) is 22.7 Å². The van der Waals surface area contributed by atoms with E-state index in [9.17, 15) is 19.5 Å². The fourth-order valence-corrected chi connectivity index (χ4v) is 4.51. The molecule has 4 heterocycles. The molecule has 2 aromatic rings. The topological polar surface area (TPSA) is 121 Å². The van der Waals surface area contributed by atoms with Crippen molar-refractivity contribution in [1.82, 2.24) is 30.1 Å². The van der Waals surface area contributed by atoms with E-state index in [0.717, 1.165) is 42.9 Å². The van der Waals surface area contributed by atoms with Crippen molar-refractivity contribution in [3.63, 3.8) is 0 Å². The van der Waals surface area contributed by atoms with E-state index in [1.54, 1.807) is 10.7 Å². The summed E-state index contributed by atoms with van der Waals surface area (Å²) in [6.07, 6.45) is 3.80. The van der Waals surface area contributed by atoms with Crippen LogP contribution >= 0.6 is 0 Å². The number of likely N-dealkylation sites (tertiary alicyclic amines) is 1. The summed E-state index contributed by atoms with van der Waals surface area (Å²) < 4.78 is 1.69. The first-order chi connectivity index (χ1) is 15.0. The molecule has 162 valence electrons. The van der Waals surface area contributed by atoms with Crippen molar-refractivity contribution in [3.8, 4) is 5.69 Å². The summed E-state index contributed by atoms with van der Waals surface area (Å²) in [5.41, 5.74) is 3.04. The van der Waals surface area contributed by atoms with Crippen molar-refractivity contribution in [2.45, 2.75) is 50.9 Å². The standard InChI is InChI=1S/C21H24N6O4/c28-16-5-7-25(8-6-16)11-14-12-27(24-23-14)15-1-2-17-13(9-15)10-26(21(17)31)18-3-4-19(29)22-20(18)30/h1-2,9,12,16,18,28H,3-8,10-11H2,(H,22,29,30). The first kappa shape index (κ1) is 19.8. The molecule has 31 heavy (non-hydrogen) atoms. The van der Waals surface area contributed by atoms with Gasteiger partial charge in [-0.1, -0.05) is 5.21 Å². The lowest BCUT2D eigenvalue weighted by Crippen LogP contribution is -2.52. The van der Waals surface area contributed by atoms with Gasteiger partial charge in [0.05, 0.1) is 23.7 Å². The van der Waals surface area contributed by atoms with Gasteiger partial charge in [-0.3, -0.25) is 24.6 Å². The molecule has 0 radical (unpaired) electrons. The molecule has 0 bridgehead atoms. The third-order valence-electron chi connectivity index (χ3n) is 6.26. The number of nitrogens with zero attached hydrogens (tertiary/aromatic N) is 5. The van der Waals surface area contributed by atoms with Crippen LogP contribution in [0.15, 0.2) is 24.4 Å². The maximum absolute atomic E-state index is 12.8. The molecule has 2 saturated heterocycles. The molecule has 0 saturated carbocycles. The Kier molecular flexibility index (Phi) is 5.03. The lowest BCUT2D eigenvalue weighted by molar-refractivity contribution is -0.136. The van der Waals surface area contributed by atoms with Gasteiger partial charge in [-0.25, -0.2) is 4.68 Å². The largest absolute Gasteiger partial charge is 0.393 e. The Labute approximate surface area is 178 Å². The van der Waals surface area contributed by atoms with Gasteiger partial charge in [0.1, 0.15) is 6.04 Å². The average Bonchev–Trinajstić information content (AvgIpc) is 3.34. The van der Waals surface area contributed by atoms with Crippen molar-refractivity contribution in [2.24, 2.45) is 0 Å². The minimum atomic E-state index is -0.623. The van der Waals surface area contributed by atoms with Crippen LogP contribution < -0.4 is 5.32 Å². The molecule has 0 aliphatic carbocycles. The van der Waals surface area contributed by atoms with Gasteiger partial charge in [-0.2, -0.15) is 0 Å². The molecule has 0 spiro atoms. The van der Waals surface area contributed by atoms with E-state index in [1.165, 1.54) is 4.90 Å². The number of rotatable bonds is 4. The molecular formula is C21H24N6O4. The fourth-order valence-electron chi connectivity index (χ4n) is 4.51. The summed E-state index contributed by atoms with van der Waals surface area (Å²) in [4.78, 5) is 40.2. The van der Waals surface area contributed by atoms with Crippen molar-refractivity contribution in [2.75, 3.05) is 13.1 Å². The van der Waals surface area contributed by atoms with Gasteiger partial charge in [-0.05, 0) is 43.0 Å². The SMILES string of the molecule is O=C1CCC(N2Cc3cc(-n4cc(CN5CCC(O)CC5)nn4)ccc3C2=O)C(=O)N1. The maximum atomic E-state index is 12.8. The minimum Gasteiger partial charge on any atom is -0.393 e. The average molecular weight is 424 g/mol. The number of imide groups is 1.